The second kappa shape index (κ2) is 6.97. The van der Waals surface area contributed by atoms with Gasteiger partial charge in [0.15, 0.2) is 0 Å². The fourth-order valence-electron chi connectivity index (χ4n) is 2.63. The number of rotatable bonds is 5. The monoisotopic (exact) mass is 278 g/mol. The number of piperazine rings is 1. The number of hydrazine groups is 1. The molecule has 0 saturated carbocycles. The summed E-state index contributed by atoms with van der Waals surface area (Å²) in [4.78, 5) is 13.9. The van der Waals surface area contributed by atoms with E-state index in [0.717, 1.165) is 50.4 Å². The van der Waals surface area contributed by atoms with Crippen LogP contribution in [0.5, 0.6) is 0 Å². The highest BCUT2D eigenvalue weighted by Crippen LogP contribution is 2.13. The van der Waals surface area contributed by atoms with Crippen molar-refractivity contribution in [2.45, 2.75) is 32.2 Å². The van der Waals surface area contributed by atoms with Gasteiger partial charge in [0.2, 0.25) is 0 Å². The van der Waals surface area contributed by atoms with Crippen LogP contribution in [0.25, 0.3) is 0 Å². The summed E-state index contributed by atoms with van der Waals surface area (Å²) in [7, 11) is 4.34. The predicted octanol–water partition coefficient (Wildman–Crippen LogP) is 0.503. The van der Waals surface area contributed by atoms with Gasteiger partial charge >= 0.3 is 0 Å². The SMILES string of the molecule is CCCc1cc(NN)nc(CC2CN(C)CCN2C)n1. The van der Waals surface area contributed by atoms with E-state index in [1.54, 1.807) is 0 Å². The van der Waals surface area contributed by atoms with Crippen molar-refractivity contribution in [3.63, 3.8) is 0 Å². The summed E-state index contributed by atoms with van der Waals surface area (Å²) in [6, 6.07) is 2.40. The Balaban J connectivity index is 2.12. The molecule has 1 fully saturated rings. The summed E-state index contributed by atoms with van der Waals surface area (Å²) in [5, 5.41) is 0. The van der Waals surface area contributed by atoms with Crippen LogP contribution in [0.4, 0.5) is 5.82 Å². The Labute approximate surface area is 121 Å². The van der Waals surface area contributed by atoms with Crippen molar-refractivity contribution < 1.29 is 0 Å². The van der Waals surface area contributed by atoms with Gasteiger partial charge in [0.25, 0.3) is 0 Å². The lowest BCUT2D eigenvalue weighted by molar-refractivity contribution is 0.113. The van der Waals surface area contributed by atoms with E-state index in [0.29, 0.717) is 11.9 Å². The normalized spacial score (nSPS) is 21.1. The van der Waals surface area contributed by atoms with E-state index in [1.165, 1.54) is 0 Å². The van der Waals surface area contributed by atoms with Crippen molar-refractivity contribution in [3.8, 4) is 0 Å². The molecule has 112 valence electrons. The highest BCUT2D eigenvalue weighted by atomic mass is 15.3. The van der Waals surface area contributed by atoms with Gasteiger partial charge in [-0.3, -0.25) is 0 Å². The molecular formula is C14H26N6. The van der Waals surface area contributed by atoms with Crippen LogP contribution in [0.15, 0.2) is 6.07 Å². The number of aromatic nitrogens is 2. The lowest BCUT2D eigenvalue weighted by Gasteiger charge is -2.37. The van der Waals surface area contributed by atoms with Crippen molar-refractivity contribution in [3.05, 3.63) is 17.6 Å². The van der Waals surface area contributed by atoms with Gasteiger partial charge in [0.1, 0.15) is 11.6 Å². The number of likely N-dealkylation sites (N-methyl/N-ethyl adjacent to an activating group) is 2. The van der Waals surface area contributed by atoms with Gasteiger partial charge in [-0.2, -0.15) is 0 Å². The molecular weight excluding hydrogens is 252 g/mol. The average molecular weight is 278 g/mol. The highest BCUT2D eigenvalue weighted by molar-refractivity contribution is 5.34. The fourth-order valence-corrected chi connectivity index (χ4v) is 2.63. The molecule has 0 radical (unpaired) electrons. The molecule has 1 atom stereocenters. The summed E-state index contributed by atoms with van der Waals surface area (Å²) >= 11 is 0. The molecule has 0 aliphatic carbocycles. The molecule has 1 unspecified atom stereocenters. The number of nitrogen functional groups attached to an aromatic ring is 1. The smallest absolute Gasteiger partial charge is 0.143 e. The maximum atomic E-state index is 5.51. The van der Waals surface area contributed by atoms with Crippen molar-refractivity contribution >= 4 is 5.82 Å². The van der Waals surface area contributed by atoms with E-state index >= 15 is 0 Å². The van der Waals surface area contributed by atoms with E-state index < -0.39 is 0 Å². The number of nitrogens with one attached hydrogen (secondary N) is 1. The van der Waals surface area contributed by atoms with Gasteiger partial charge in [-0.05, 0) is 20.5 Å². The van der Waals surface area contributed by atoms with E-state index in [4.69, 9.17) is 5.84 Å². The van der Waals surface area contributed by atoms with Crippen molar-refractivity contribution in [2.24, 2.45) is 5.84 Å². The molecule has 0 bridgehead atoms. The minimum Gasteiger partial charge on any atom is -0.308 e. The predicted molar refractivity (Wildman–Crippen MR) is 81.5 cm³/mol. The molecule has 1 aliphatic heterocycles. The van der Waals surface area contributed by atoms with Gasteiger partial charge in [-0.1, -0.05) is 13.3 Å². The molecule has 20 heavy (non-hydrogen) atoms. The molecule has 1 aliphatic rings. The summed E-state index contributed by atoms with van der Waals surface area (Å²) in [6.45, 7) is 5.43. The first kappa shape index (κ1) is 15.2. The van der Waals surface area contributed by atoms with Gasteiger partial charge < -0.3 is 15.2 Å². The van der Waals surface area contributed by atoms with Gasteiger partial charge in [0, 0.05) is 43.9 Å². The minimum absolute atomic E-state index is 0.469. The molecule has 1 aromatic heterocycles. The van der Waals surface area contributed by atoms with Gasteiger partial charge in [-0.15, -0.1) is 0 Å². The lowest BCUT2D eigenvalue weighted by Crippen LogP contribution is -2.51. The van der Waals surface area contributed by atoms with E-state index in [2.05, 4.69) is 46.2 Å². The zero-order valence-electron chi connectivity index (χ0n) is 12.8. The molecule has 0 aromatic carbocycles. The fraction of sp³-hybridized carbons (Fsp3) is 0.714. The minimum atomic E-state index is 0.469. The number of anilines is 1. The Hall–Kier alpha value is -1.24. The van der Waals surface area contributed by atoms with Crippen LogP contribution < -0.4 is 11.3 Å². The summed E-state index contributed by atoms with van der Waals surface area (Å²) in [6.07, 6.45) is 2.91. The second-order valence-corrected chi connectivity index (χ2v) is 5.66. The van der Waals surface area contributed by atoms with Crippen LogP contribution in [0.2, 0.25) is 0 Å². The number of hydrogen-bond donors (Lipinski definition) is 2. The number of hydrogen-bond acceptors (Lipinski definition) is 6. The summed E-state index contributed by atoms with van der Waals surface area (Å²) < 4.78 is 0. The zero-order chi connectivity index (χ0) is 14.5. The Bertz CT molecular complexity index is 436. The van der Waals surface area contributed by atoms with Crippen LogP contribution >= 0.6 is 0 Å². The molecule has 2 heterocycles. The second-order valence-electron chi connectivity index (χ2n) is 5.66. The Morgan fingerprint density at radius 2 is 2.15 bits per heavy atom. The first-order valence-electron chi connectivity index (χ1n) is 7.34. The number of aryl methyl sites for hydroxylation is 1. The van der Waals surface area contributed by atoms with Crippen molar-refractivity contribution in [1.29, 1.82) is 0 Å². The third-order valence-electron chi connectivity index (χ3n) is 3.88. The van der Waals surface area contributed by atoms with Gasteiger partial charge in [0.05, 0.1) is 0 Å². The van der Waals surface area contributed by atoms with E-state index in [-0.39, 0.29) is 0 Å². The maximum absolute atomic E-state index is 5.51. The molecule has 3 N–H and O–H groups in total. The largest absolute Gasteiger partial charge is 0.308 e. The molecule has 1 saturated heterocycles. The third kappa shape index (κ3) is 3.88. The molecule has 6 nitrogen and oxygen atoms in total. The Morgan fingerprint density at radius 1 is 1.35 bits per heavy atom. The quantitative estimate of drug-likeness (QED) is 0.604. The molecule has 1 aromatic rings. The van der Waals surface area contributed by atoms with Crippen molar-refractivity contribution in [1.82, 2.24) is 19.8 Å². The topological polar surface area (TPSA) is 70.3 Å². The lowest BCUT2D eigenvalue weighted by atomic mass is 10.1. The third-order valence-corrected chi connectivity index (χ3v) is 3.88. The van der Waals surface area contributed by atoms with Crippen LogP contribution in [-0.2, 0) is 12.8 Å². The van der Waals surface area contributed by atoms with Gasteiger partial charge in [-0.25, -0.2) is 15.8 Å². The highest BCUT2D eigenvalue weighted by Gasteiger charge is 2.23. The van der Waals surface area contributed by atoms with Crippen molar-refractivity contribution in [2.75, 3.05) is 39.2 Å². The number of nitrogens with two attached hydrogens (primary N) is 1. The first-order valence-corrected chi connectivity index (χ1v) is 7.34. The standard InChI is InChI=1S/C14H26N6/c1-4-5-11-8-14(18-15)17-13(16-11)9-12-10-19(2)6-7-20(12)3/h8,12H,4-7,9-10,15H2,1-3H3,(H,16,17,18). The Morgan fingerprint density at radius 3 is 2.85 bits per heavy atom. The van der Waals surface area contributed by atoms with Crippen LogP contribution in [0.1, 0.15) is 24.9 Å². The molecule has 6 heteroatoms. The van der Waals surface area contributed by atoms with E-state index in [9.17, 15) is 0 Å². The van der Waals surface area contributed by atoms with Crippen LogP contribution in [0.3, 0.4) is 0 Å². The maximum Gasteiger partial charge on any atom is 0.143 e. The molecule has 0 amide bonds. The summed E-state index contributed by atoms with van der Waals surface area (Å²) in [5.41, 5.74) is 3.72. The first-order chi connectivity index (χ1) is 9.62. The number of nitrogens with zero attached hydrogens (tertiary/aromatic N) is 4. The van der Waals surface area contributed by atoms with Crippen LogP contribution in [-0.4, -0.2) is 59.5 Å². The Kier molecular flexibility index (Phi) is 5.28. The molecule has 2 rings (SSSR count). The zero-order valence-corrected chi connectivity index (χ0v) is 12.8. The van der Waals surface area contributed by atoms with Crippen LogP contribution in [0, 0.1) is 0 Å². The average Bonchev–Trinajstić information content (AvgIpc) is 2.43. The summed E-state index contributed by atoms with van der Waals surface area (Å²) in [5.74, 6) is 7.11. The molecule has 0 spiro atoms. The van der Waals surface area contributed by atoms with E-state index in [1.807, 2.05) is 6.07 Å².